The second kappa shape index (κ2) is 6.88. The monoisotopic (exact) mass is 262 g/mol. The van der Waals surface area contributed by atoms with Gasteiger partial charge in [0.1, 0.15) is 0 Å². The Morgan fingerprint density at radius 2 is 1.59 bits per heavy atom. The van der Waals surface area contributed by atoms with Crippen molar-refractivity contribution < 1.29 is 14.6 Å². The predicted molar refractivity (Wildman–Crippen MR) is 74.6 cm³/mol. The Kier molecular flexibility index (Phi) is 6.92. The molecule has 0 radical (unpaired) electrons. The fourth-order valence-electron chi connectivity index (χ4n) is 1.37. The van der Waals surface area contributed by atoms with Gasteiger partial charge in [0.25, 0.3) is 0 Å². The quantitative estimate of drug-likeness (QED) is 0.694. The van der Waals surface area contributed by atoms with Crippen LogP contribution in [0.25, 0.3) is 0 Å². The van der Waals surface area contributed by atoms with E-state index in [2.05, 4.69) is 40.8 Å². The van der Waals surface area contributed by atoms with Crippen LogP contribution >= 0.6 is 0 Å². The highest BCUT2D eigenvalue weighted by atomic mass is 28.4. The van der Waals surface area contributed by atoms with Crippen LogP contribution in [-0.4, -0.2) is 38.4 Å². The van der Waals surface area contributed by atoms with Crippen LogP contribution in [0, 0.1) is 11.8 Å². The molecule has 0 saturated heterocycles. The smallest absolute Gasteiger partial charge is 0.191 e. The van der Waals surface area contributed by atoms with E-state index in [0.717, 1.165) is 13.0 Å². The largest absolute Gasteiger partial charge is 0.417 e. The lowest BCUT2D eigenvalue weighted by Crippen LogP contribution is -2.41. The van der Waals surface area contributed by atoms with Crippen molar-refractivity contribution in [1.82, 2.24) is 0 Å². The van der Waals surface area contributed by atoms with E-state index in [4.69, 9.17) is 14.6 Å². The normalized spacial score (nSPS) is 15.4. The zero-order valence-electron chi connectivity index (χ0n) is 12.3. The Labute approximate surface area is 107 Å². The minimum absolute atomic E-state index is 0.0157. The lowest BCUT2D eigenvalue weighted by atomic mass is 9.93. The molecule has 0 saturated carbocycles. The summed E-state index contributed by atoms with van der Waals surface area (Å²) in [4.78, 5) is 0. The molecule has 0 bridgehead atoms. The molecule has 1 atom stereocenters. The van der Waals surface area contributed by atoms with Gasteiger partial charge >= 0.3 is 0 Å². The summed E-state index contributed by atoms with van der Waals surface area (Å²) in [5.74, 6) is 0.285. The van der Waals surface area contributed by atoms with Gasteiger partial charge in [-0.1, -0.05) is 27.7 Å². The average Bonchev–Trinajstić information content (AvgIpc) is 2.17. The molecule has 0 rings (SSSR count). The fraction of sp³-hybridized carbons (Fsp3) is 1.00. The maximum atomic E-state index is 9.09. The Morgan fingerprint density at radius 1 is 1.12 bits per heavy atom. The summed E-state index contributed by atoms with van der Waals surface area (Å²) >= 11 is 0. The van der Waals surface area contributed by atoms with Crippen molar-refractivity contribution in [3.63, 3.8) is 0 Å². The van der Waals surface area contributed by atoms with Gasteiger partial charge in [-0.3, -0.25) is 0 Å². The molecule has 0 fully saturated rings. The van der Waals surface area contributed by atoms with E-state index in [1.165, 1.54) is 0 Å². The summed E-state index contributed by atoms with van der Waals surface area (Å²) in [5.41, 5.74) is 0. The molecule has 0 amide bonds. The highest BCUT2D eigenvalue weighted by molar-refractivity contribution is 6.74. The molecule has 0 aromatic carbocycles. The van der Waals surface area contributed by atoms with Crippen LogP contribution in [0.5, 0.6) is 0 Å². The van der Waals surface area contributed by atoms with Crippen molar-refractivity contribution in [2.45, 2.75) is 52.2 Å². The van der Waals surface area contributed by atoms with E-state index < -0.39 is 8.32 Å². The molecule has 2 N–H and O–H groups in total. The first-order chi connectivity index (χ1) is 7.65. The molecule has 0 aromatic heterocycles. The maximum absolute atomic E-state index is 9.09. The van der Waals surface area contributed by atoms with Gasteiger partial charge in [-0.15, -0.1) is 0 Å². The average molecular weight is 262 g/mol. The van der Waals surface area contributed by atoms with Crippen molar-refractivity contribution in [1.29, 1.82) is 0 Å². The highest BCUT2D eigenvalue weighted by Crippen LogP contribution is 2.36. The molecule has 17 heavy (non-hydrogen) atoms. The zero-order valence-corrected chi connectivity index (χ0v) is 13.3. The number of aliphatic hydroxyl groups excluding tert-OH is 2. The van der Waals surface area contributed by atoms with Crippen LogP contribution in [0.15, 0.2) is 0 Å². The topological polar surface area (TPSA) is 49.7 Å². The Hall–Kier alpha value is 0.0969. The maximum Gasteiger partial charge on any atom is 0.191 e. The lowest BCUT2D eigenvalue weighted by molar-refractivity contribution is 0.100. The highest BCUT2D eigenvalue weighted by Gasteiger charge is 2.37. The van der Waals surface area contributed by atoms with Crippen LogP contribution in [0.4, 0.5) is 0 Å². The van der Waals surface area contributed by atoms with Gasteiger partial charge in [0.15, 0.2) is 8.32 Å². The molecule has 0 aliphatic heterocycles. The van der Waals surface area contributed by atoms with Crippen molar-refractivity contribution >= 4 is 8.32 Å². The molecule has 104 valence electrons. The van der Waals surface area contributed by atoms with Gasteiger partial charge in [-0.25, -0.2) is 0 Å². The first kappa shape index (κ1) is 17.1. The van der Waals surface area contributed by atoms with Gasteiger partial charge in [0.2, 0.25) is 0 Å². The third kappa shape index (κ3) is 5.51. The molecule has 3 nitrogen and oxygen atoms in total. The molecule has 0 heterocycles. The predicted octanol–water partition coefficient (Wildman–Crippen LogP) is 2.64. The summed E-state index contributed by atoms with van der Waals surface area (Å²) in [7, 11) is -1.65. The standard InChI is InChI=1S/C13H30O3Si/c1-11(12(9-14)10-15)7-8-16-17(5,6)13(2,3)4/h11-12,14-15H,7-10H2,1-6H3. The molecule has 0 aromatic rings. The molecule has 0 spiro atoms. The van der Waals surface area contributed by atoms with Gasteiger partial charge in [-0.2, -0.15) is 0 Å². The third-order valence-corrected chi connectivity index (χ3v) is 8.65. The number of hydrogen-bond donors (Lipinski definition) is 2. The van der Waals surface area contributed by atoms with Crippen molar-refractivity contribution in [3.05, 3.63) is 0 Å². The molecule has 4 heteroatoms. The molecular formula is C13H30O3Si. The van der Waals surface area contributed by atoms with Crippen LogP contribution in [0.2, 0.25) is 18.1 Å². The van der Waals surface area contributed by atoms with E-state index >= 15 is 0 Å². The summed E-state index contributed by atoms with van der Waals surface area (Å²) in [6, 6.07) is 0. The fourth-order valence-corrected chi connectivity index (χ4v) is 2.43. The van der Waals surface area contributed by atoms with Crippen molar-refractivity contribution in [3.8, 4) is 0 Å². The Bertz CT molecular complexity index is 207. The van der Waals surface area contributed by atoms with Gasteiger partial charge in [-0.05, 0) is 30.5 Å². The van der Waals surface area contributed by atoms with Gasteiger partial charge in [0.05, 0.1) is 0 Å². The number of hydrogen-bond acceptors (Lipinski definition) is 3. The zero-order chi connectivity index (χ0) is 13.7. The first-order valence-electron chi connectivity index (χ1n) is 6.51. The van der Waals surface area contributed by atoms with E-state index in [0.29, 0.717) is 5.92 Å². The molecular weight excluding hydrogens is 232 g/mol. The van der Waals surface area contributed by atoms with Crippen molar-refractivity contribution in [2.75, 3.05) is 19.8 Å². The second-order valence-corrected chi connectivity index (χ2v) is 11.3. The van der Waals surface area contributed by atoms with E-state index in [1.54, 1.807) is 0 Å². The minimum Gasteiger partial charge on any atom is -0.417 e. The van der Waals surface area contributed by atoms with Crippen molar-refractivity contribution in [2.24, 2.45) is 11.8 Å². The minimum atomic E-state index is -1.65. The van der Waals surface area contributed by atoms with Crippen LogP contribution in [-0.2, 0) is 4.43 Å². The van der Waals surface area contributed by atoms with Crippen LogP contribution in [0.3, 0.4) is 0 Å². The molecule has 0 aliphatic carbocycles. The van der Waals surface area contributed by atoms with E-state index in [9.17, 15) is 0 Å². The second-order valence-electron chi connectivity index (χ2n) is 6.50. The summed E-state index contributed by atoms with van der Waals surface area (Å²) in [5, 5.41) is 18.4. The Balaban J connectivity index is 4.07. The lowest BCUT2D eigenvalue weighted by Gasteiger charge is -2.36. The molecule has 1 unspecified atom stereocenters. The SMILES string of the molecule is CC(CCO[Si](C)(C)C(C)(C)C)C(CO)CO. The number of aliphatic hydroxyl groups is 2. The van der Waals surface area contributed by atoms with Crippen LogP contribution < -0.4 is 0 Å². The molecule has 0 aliphatic rings. The van der Waals surface area contributed by atoms with E-state index in [-0.39, 0.29) is 24.2 Å². The Morgan fingerprint density at radius 3 is 1.94 bits per heavy atom. The summed E-state index contributed by atoms with van der Waals surface area (Å²) in [6.45, 7) is 14.1. The summed E-state index contributed by atoms with van der Waals surface area (Å²) in [6.07, 6.45) is 0.901. The van der Waals surface area contributed by atoms with E-state index in [1.807, 2.05) is 0 Å². The number of rotatable bonds is 7. The van der Waals surface area contributed by atoms with Gasteiger partial charge in [0, 0.05) is 25.7 Å². The summed E-state index contributed by atoms with van der Waals surface area (Å²) < 4.78 is 6.08. The third-order valence-electron chi connectivity index (χ3n) is 4.12. The van der Waals surface area contributed by atoms with Crippen LogP contribution in [0.1, 0.15) is 34.1 Å². The van der Waals surface area contributed by atoms with Gasteiger partial charge < -0.3 is 14.6 Å². The first-order valence-corrected chi connectivity index (χ1v) is 9.42.